The van der Waals surface area contributed by atoms with E-state index in [0.717, 1.165) is 22.2 Å². The third-order valence-electron chi connectivity index (χ3n) is 6.98. The molecule has 0 atom stereocenters. The third-order valence-corrected chi connectivity index (χ3v) is 6.98. The van der Waals surface area contributed by atoms with Crippen molar-refractivity contribution in [2.75, 3.05) is 13.1 Å². The number of fused-ring (bicyclic) bond motifs is 2. The first-order valence-electron chi connectivity index (χ1n) is 12.4. The van der Waals surface area contributed by atoms with Gasteiger partial charge < -0.3 is 4.98 Å². The molecule has 6 heterocycles. The van der Waals surface area contributed by atoms with Gasteiger partial charge in [-0.1, -0.05) is 18.2 Å². The number of H-pyrrole nitrogens is 2. The molecule has 1 aliphatic rings. The first-order chi connectivity index (χ1) is 18.9. The Bertz CT molecular complexity index is 1830. The van der Waals surface area contributed by atoms with Crippen molar-refractivity contribution in [1.29, 1.82) is 0 Å². The molecule has 0 unspecified atom stereocenters. The minimum Gasteiger partial charge on any atom is -0.337 e. The molecule has 1 fully saturated rings. The molecular weight excluding hydrogens is 505 g/mol. The van der Waals surface area contributed by atoms with E-state index in [1.165, 1.54) is 12.4 Å². The van der Waals surface area contributed by atoms with Crippen LogP contribution in [0.3, 0.4) is 0 Å². The summed E-state index contributed by atoms with van der Waals surface area (Å²) in [6, 6.07) is 11.3. The average molecular weight is 527 g/mol. The molecule has 0 amide bonds. The van der Waals surface area contributed by atoms with Gasteiger partial charge in [-0.2, -0.15) is 5.10 Å². The van der Waals surface area contributed by atoms with Gasteiger partial charge in [-0.05, 0) is 23.8 Å². The SMILES string of the molecule is Fc1c(-c2cncc(CN3CCC(F)(F)C3)c2)ncc2[nH]nc(-c3nc4c(-c5cccnc5)cccc4[nH]3)c12. The van der Waals surface area contributed by atoms with Crippen LogP contribution < -0.4 is 0 Å². The van der Waals surface area contributed by atoms with E-state index in [4.69, 9.17) is 4.98 Å². The van der Waals surface area contributed by atoms with Crippen LogP contribution in [0.4, 0.5) is 13.2 Å². The quantitative estimate of drug-likeness (QED) is 0.303. The molecule has 1 aromatic carbocycles. The summed E-state index contributed by atoms with van der Waals surface area (Å²) in [5.41, 5.74) is 5.30. The maximum absolute atomic E-state index is 16.1. The maximum Gasteiger partial charge on any atom is 0.261 e. The van der Waals surface area contributed by atoms with Gasteiger partial charge in [0.1, 0.15) is 11.4 Å². The number of alkyl halides is 2. The fourth-order valence-electron chi connectivity index (χ4n) is 5.15. The Hall–Kier alpha value is -4.64. The van der Waals surface area contributed by atoms with Gasteiger partial charge in [0.15, 0.2) is 11.6 Å². The second-order valence-electron chi connectivity index (χ2n) is 9.71. The first-order valence-corrected chi connectivity index (χ1v) is 12.4. The number of hydrogen-bond acceptors (Lipinski definition) is 6. The normalized spacial score (nSPS) is 15.5. The highest BCUT2D eigenvalue weighted by Crippen LogP contribution is 2.35. The lowest BCUT2D eigenvalue weighted by atomic mass is 10.1. The molecule has 5 aromatic heterocycles. The lowest BCUT2D eigenvalue weighted by Crippen LogP contribution is -2.24. The molecule has 2 N–H and O–H groups in total. The molecule has 0 saturated carbocycles. The van der Waals surface area contributed by atoms with E-state index in [0.29, 0.717) is 41.3 Å². The molecule has 0 radical (unpaired) electrons. The van der Waals surface area contributed by atoms with E-state index in [1.807, 2.05) is 30.3 Å². The number of para-hydroxylation sites is 1. The Labute approximate surface area is 220 Å². The highest BCUT2D eigenvalue weighted by atomic mass is 19.3. The van der Waals surface area contributed by atoms with Crippen LogP contribution in [0.1, 0.15) is 12.0 Å². The van der Waals surface area contributed by atoms with Crippen LogP contribution in [0.15, 0.2) is 67.4 Å². The predicted octanol–water partition coefficient (Wildman–Crippen LogP) is 5.61. The average Bonchev–Trinajstić information content (AvgIpc) is 3.65. The summed E-state index contributed by atoms with van der Waals surface area (Å²) in [4.78, 5) is 22.5. The van der Waals surface area contributed by atoms with E-state index in [9.17, 15) is 8.78 Å². The number of imidazole rings is 1. The van der Waals surface area contributed by atoms with Crippen LogP contribution >= 0.6 is 0 Å². The van der Waals surface area contributed by atoms with E-state index < -0.39 is 11.7 Å². The first kappa shape index (κ1) is 23.5. The molecule has 7 rings (SSSR count). The van der Waals surface area contributed by atoms with Crippen molar-refractivity contribution >= 4 is 21.9 Å². The van der Waals surface area contributed by atoms with Crippen molar-refractivity contribution in [3.8, 4) is 33.9 Å². The summed E-state index contributed by atoms with van der Waals surface area (Å²) in [6.45, 7) is 0.303. The minimum absolute atomic E-state index is 0.0958. The van der Waals surface area contributed by atoms with Gasteiger partial charge in [0.2, 0.25) is 0 Å². The zero-order chi connectivity index (χ0) is 26.6. The summed E-state index contributed by atoms with van der Waals surface area (Å²) in [6.07, 6.45) is 7.94. The van der Waals surface area contributed by atoms with Gasteiger partial charge in [0, 0.05) is 61.0 Å². The molecule has 1 saturated heterocycles. The Morgan fingerprint density at radius 3 is 2.67 bits per heavy atom. The zero-order valence-electron chi connectivity index (χ0n) is 20.5. The van der Waals surface area contributed by atoms with Gasteiger partial charge in [0.25, 0.3) is 5.92 Å². The monoisotopic (exact) mass is 526 g/mol. The fourth-order valence-corrected chi connectivity index (χ4v) is 5.15. The highest BCUT2D eigenvalue weighted by molar-refractivity contribution is 5.98. The Morgan fingerprint density at radius 1 is 0.949 bits per heavy atom. The summed E-state index contributed by atoms with van der Waals surface area (Å²) >= 11 is 0. The highest BCUT2D eigenvalue weighted by Gasteiger charge is 2.38. The van der Waals surface area contributed by atoms with Gasteiger partial charge in [0.05, 0.1) is 34.7 Å². The molecular formula is C28H21F3N8. The summed E-state index contributed by atoms with van der Waals surface area (Å²) in [5, 5.41) is 7.44. The van der Waals surface area contributed by atoms with E-state index in [1.54, 1.807) is 29.6 Å². The number of pyridine rings is 3. The molecule has 39 heavy (non-hydrogen) atoms. The summed E-state index contributed by atoms with van der Waals surface area (Å²) in [7, 11) is 0. The number of aromatic nitrogens is 7. The maximum atomic E-state index is 16.1. The van der Waals surface area contributed by atoms with Crippen molar-refractivity contribution in [2.24, 2.45) is 0 Å². The topological polar surface area (TPSA) is 99.3 Å². The molecule has 0 spiro atoms. The van der Waals surface area contributed by atoms with Crippen LogP contribution in [0.25, 0.3) is 55.8 Å². The summed E-state index contributed by atoms with van der Waals surface area (Å²) in [5.74, 6) is -2.85. The van der Waals surface area contributed by atoms with Crippen LogP contribution in [0.5, 0.6) is 0 Å². The number of hydrogen-bond donors (Lipinski definition) is 2. The third kappa shape index (κ3) is 4.20. The number of nitrogens with one attached hydrogen (secondary N) is 2. The second-order valence-corrected chi connectivity index (χ2v) is 9.71. The number of likely N-dealkylation sites (tertiary alicyclic amines) is 1. The van der Waals surface area contributed by atoms with Gasteiger partial charge in [-0.15, -0.1) is 0 Å². The summed E-state index contributed by atoms with van der Waals surface area (Å²) < 4.78 is 43.3. The van der Waals surface area contributed by atoms with Crippen molar-refractivity contribution < 1.29 is 13.2 Å². The van der Waals surface area contributed by atoms with E-state index in [2.05, 4.69) is 30.1 Å². The predicted molar refractivity (Wildman–Crippen MR) is 140 cm³/mol. The number of benzene rings is 1. The van der Waals surface area contributed by atoms with Crippen molar-refractivity contribution in [2.45, 2.75) is 18.9 Å². The Balaban J connectivity index is 1.28. The van der Waals surface area contributed by atoms with Gasteiger partial charge >= 0.3 is 0 Å². The molecule has 8 nitrogen and oxygen atoms in total. The van der Waals surface area contributed by atoms with Gasteiger partial charge in [-0.3, -0.25) is 25.0 Å². The largest absolute Gasteiger partial charge is 0.337 e. The lowest BCUT2D eigenvalue weighted by Gasteiger charge is -2.15. The minimum atomic E-state index is -2.68. The molecule has 1 aliphatic heterocycles. The molecule has 194 valence electrons. The van der Waals surface area contributed by atoms with Crippen LogP contribution in [0, 0.1) is 5.82 Å². The fraction of sp³-hybridized carbons (Fsp3) is 0.179. The van der Waals surface area contributed by atoms with Crippen LogP contribution in [0.2, 0.25) is 0 Å². The molecule has 11 heteroatoms. The number of nitrogens with zero attached hydrogens (tertiary/aromatic N) is 6. The van der Waals surface area contributed by atoms with Crippen molar-refractivity contribution in [1.82, 2.24) is 40.0 Å². The van der Waals surface area contributed by atoms with Gasteiger partial charge in [-0.25, -0.2) is 18.2 Å². The number of rotatable bonds is 5. The van der Waals surface area contributed by atoms with Crippen molar-refractivity contribution in [3.63, 3.8) is 0 Å². The zero-order valence-corrected chi connectivity index (χ0v) is 20.5. The molecule has 0 bridgehead atoms. The second kappa shape index (κ2) is 8.98. The van der Waals surface area contributed by atoms with E-state index in [-0.39, 0.29) is 24.0 Å². The lowest BCUT2D eigenvalue weighted by molar-refractivity contribution is 0.0115. The van der Waals surface area contributed by atoms with E-state index >= 15 is 4.39 Å². The molecule has 6 aromatic rings. The molecule has 0 aliphatic carbocycles. The van der Waals surface area contributed by atoms with Crippen LogP contribution in [-0.4, -0.2) is 59.0 Å². The van der Waals surface area contributed by atoms with Crippen LogP contribution in [-0.2, 0) is 6.54 Å². The standard InChI is InChI=1S/C28H21F3N8/c29-23-22-21(13-34-24(23)18-9-16(10-33-12-18)14-39-8-6-28(30,31)15-39)37-38-26(22)27-35-20-5-1-4-19(25(20)36-27)17-3-2-7-32-11-17/h1-5,7,9-13H,6,8,14-15H2,(H,35,36)(H,37,38). The number of halogens is 3. The van der Waals surface area contributed by atoms with Crippen molar-refractivity contribution in [3.05, 3.63) is 78.8 Å². The Kier molecular flexibility index (Phi) is 5.41. The Morgan fingerprint density at radius 2 is 1.85 bits per heavy atom. The smallest absolute Gasteiger partial charge is 0.261 e. The number of aromatic amines is 2.